The van der Waals surface area contributed by atoms with Gasteiger partial charge in [-0.05, 0) is 44.5 Å². The maximum atomic E-state index is 13.0. The maximum absolute atomic E-state index is 13.0. The van der Waals surface area contributed by atoms with E-state index in [4.69, 9.17) is 5.26 Å². The molecule has 4 nitrogen and oxygen atoms in total. The summed E-state index contributed by atoms with van der Waals surface area (Å²) in [5.74, 6) is -0.492. The number of hydrogen-bond donors (Lipinski definition) is 0. The van der Waals surface area contributed by atoms with Gasteiger partial charge in [0.15, 0.2) is 0 Å². The molecule has 1 aromatic rings. The van der Waals surface area contributed by atoms with Gasteiger partial charge in [0.1, 0.15) is 11.4 Å². The zero-order valence-corrected chi connectivity index (χ0v) is 11.5. The molecular formula is C12H15FN2O2S. The molecule has 1 aromatic carbocycles. The molecule has 0 aliphatic carbocycles. The van der Waals surface area contributed by atoms with Crippen LogP contribution in [0.4, 0.5) is 4.39 Å². The van der Waals surface area contributed by atoms with Crippen molar-refractivity contribution in [3.8, 4) is 6.07 Å². The van der Waals surface area contributed by atoms with Crippen molar-refractivity contribution >= 4 is 10.0 Å². The predicted octanol–water partition coefficient (Wildman–Crippen LogP) is 2.06. The van der Waals surface area contributed by atoms with Gasteiger partial charge in [-0.1, -0.05) is 0 Å². The minimum absolute atomic E-state index is 0.00900. The monoisotopic (exact) mass is 270 g/mol. The van der Waals surface area contributed by atoms with Gasteiger partial charge in [-0.3, -0.25) is 0 Å². The Kier molecular flexibility index (Phi) is 3.79. The first-order valence-corrected chi connectivity index (χ1v) is 6.73. The molecule has 0 unspecified atom stereocenters. The molecule has 1 rings (SSSR count). The van der Waals surface area contributed by atoms with Crippen LogP contribution in [0.2, 0.25) is 0 Å². The smallest absolute Gasteiger partial charge is 0.207 e. The highest BCUT2D eigenvalue weighted by Gasteiger charge is 2.34. The van der Waals surface area contributed by atoms with Gasteiger partial charge < -0.3 is 0 Å². The number of aryl methyl sites for hydroxylation is 1. The summed E-state index contributed by atoms with van der Waals surface area (Å²) in [4.78, 5) is 0.00900. The van der Waals surface area contributed by atoms with Crippen LogP contribution in [0.1, 0.15) is 19.4 Å². The zero-order chi connectivity index (χ0) is 14.1. The van der Waals surface area contributed by atoms with Crippen molar-refractivity contribution in [3.63, 3.8) is 0 Å². The SMILES string of the molecule is Cc1cc(F)ccc1S(=O)(=O)N(C)C(C)(C)C#N. The van der Waals surface area contributed by atoms with Crippen LogP contribution in [0.25, 0.3) is 0 Å². The molecule has 0 amide bonds. The molecule has 6 heteroatoms. The van der Waals surface area contributed by atoms with Crippen LogP contribution < -0.4 is 0 Å². The summed E-state index contributed by atoms with van der Waals surface area (Å²) in [5, 5.41) is 8.97. The zero-order valence-electron chi connectivity index (χ0n) is 10.7. The van der Waals surface area contributed by atoms with Gasteiger partial charge in [0.2, 0.25) is 10.0 Å². The Labute approximate surface area is 107 Å². The Morgan fingerprint density at radius 2 is 1.94 bits per heavy atom. The van der Waals surface area contributed by atoms with E-state index in [9.17, 15) is 12.8 Å². The van der Waals surface area contributed by atoms with E-state index in [0.717, 1.165) is 16.4 Å². The van der Waals surface area contributed by atoms with E-state index in [-0.39, 0.29) is 4.90 Å². The van der Waals surface area contributed by atoms with Crippen LogP contribution in [0, 0.1) is 24.1 Å². The average Bonchev–Trinajstić information content (AvgIpc) is 2.27. The first kappa shape index (κ1) is 14.6. The summed E-state index contributed by atoms with van der Waals surface area (Å²) in [6, 6.07) is 5.38. The number of nitrogens with zero attached hydrogens (tertiary/aromatic N) is 2. The molecule has 0 N–H and O–H groups in total. The Balaban J connectivity index is 3.36. The van der Waals surface area contributed by atoms with Crippen LogP contribution in [-0.2, 0) is 10.0 Å². The van der Waals surface area contributed by atoms with Gasteiger partial charge in [0.25, 0.3) is 0 Å². The number of hydrogen-bond acceptors (Lipinski definition) is 3. The van der Waals surface area contributed by atoms with Gasteiger partial charge in [0.05, 0.1) is 11.0 Å². The van der Waals surface area contributed by atoms with Gasteiger partial charge in [-0.15, -0.1) is 0 Å². The standard InChI is InChI=1S/C12H15FN2O2S/c1-9-7-10(13)5-6-11(9)18(16,17)15(4)12(2,3)8-14/h5-7H,1-4H3. The number of rotatable bonds is 3. The Morgan fingerprint density at radius 3 is 2.39 bits per heavy atom. The second-order valence-corrected chi connectivity index (χ2v) is 6.49. The summed E-state index contributed by atoms with van der Waals surface area (Å²) in [5.41, 5.74) is -0.852. The van der Waals surface area contributed by atoms with E-state index in [0.29, 0.717) is 5.56 Å². The van der Waals surface area contributed by atoms with Crippen LogP contribution in [0.15, 0.2) is 23.1 Å². The highest BCUT2D eigenvalue weighted by atomic mass is 32.2. The van der Waals surface area contributed by atoms with Crippen molar-refractivity contribution in [1.29, 1.82) is 5.26 Å². The molecule has 0 aliphatic heterocycles. The number of sulfonamides is 1. The second kappa shape index (κ2) is 4.67. The Bertz CT molecular complexity index is 603. The lowest BCUT2D eigenvalue weighted by Crippen LogP contribution is -2.43. The molecule has 0 bridgehead atoms. The summed E-state index contributed by atoms with van der Waals surface area (Å²) in [6.45, 7) is 4.52. The molecule has 18 heavy (non-hydrogen) atoms. The number of benzene rings is 1. The van der Waals surface area contributed by atoms with Crippen LogP contribution in [-0.4, -0.2) is 25.3 Å². The lowest BCUT2D eigenvalue weighted by molar-refractivity contribution is 0.337. The van der Waals surface area contributed by atoms with Crippen molar-refractivity contribution in [2.45, 2.75) is 31.2 Å². The van der Waals surface area contributed by atoms with Crippen molar-refractivity contribution < 1.29 is 12.8 Å². The van der Waals surface area contributed by atoms with Crippen molar-refractivity contribution in [3.05, 3.63) is 29.6 Å². The van der Waals surface area contributed by atoms with E-state index in [1.807, 2.05) is 6.07 Å². The lowest BCUT2D eigenvalue weighted by atomic mass is 10.1. The second-order valence-electron chi connectivity index (χ2n) is 4.55. The number of halogens is 1. The predicted molar refractivity (Wildman–Crippen MR) is 65.8 cm³/mol. The number of nitriles is 1. The largest absolute Gasteiger partial charge is 0.244 e. The molecule has 98 valence electrons. The molecular weight excluding hydrogens is 255 g/mol. The molecule has 0 aliphatic rings. The molecule has 0 saturated carbocycles. The van der Waals surface area contributed by atoms with Crippen LogP contribution in [0.5, 0.6) is 0 Å². The third kappa shape index (κ3) is 2.52. The molecule has 0 fully saturated rings. The highest BCUT2D eigenvalue weighted by molar-refractivity contribution is 7.89. The fraction of sp³-hybridized carbons (Fsp3) is 0.417. The van der Waals surface area contributed by atoms with Gasteiger partial charge in [0, 0.05) is 7.05 Å². The van der Waals surface area contributed by atoms with Gasteiger partial charge in [-0.25, -0.2) is 12.8 Å². The van der Waals surface area contributed by atoms with E-state index in [2.05, 4.69) is 0 Å². The molecule has 0 saturated heterocycles. The minimum Gasteiger partial charge on any atom is -0.207 e. The third-order valence-electron chi connectivity index (χ3n) is 2.84. The highest BCUT2D eigenvalue weighted by Crippen LogP contribution is 2.25. The summed E-state index contributed by atoms with van der Waals surface area (Å²) in [7, 11) is -2.48. The topological polar surface area (TPSA) is 61.2 Å². The van der Waals surface area contributed by atoms with Crippen molar-refractivity contribution in [1.82, 2.24) is 4.31 Å². The first-order chi connectivity index (χ1) is 8.13. The molecule has 0 radical (unpaired) electrons. The lowest BCUT2D eigenvalue weighted by Gasteiger charge is -2.28. The summed E-state index contributed by atoms with van der Waals surface area (Å²) in [6.07, 6.45) is 0. The van der Waals surface area contributed by atoms with E-state index in [1.165, 1.54) is 33.9 Å². The molecule has 0 atom stereocenters. The van der Waals surface area contributed by atoms with Crippen molar-refractivity contribution in [2.75, 3.05) is 7.05 Å². The van der Waals surface area contributed by atoms with E-state index >= 15 is 0 Å². The quantitative estimate of drug-likeness (QED) is 0.844. The third-order valence-corrected chi connectivity index (χ3v) is 5.03. The summed E-state index contributed by atoms with van der Waals surface area (Å²) < 4.78 is 38.6. The molecule has 0 heterocycles. The van der Waals surface area contributed by atoms with Gasteiger partial charge >= 0.3 is 0 Å². The van der Waals surface area contributed by atoms with Gasteiger partial charge in [-0.2, -0.15) is 9.57 Å². The maximum Gasteiger partial charge on any atom is 0.244 e. The average molecular weight is 270 g/mol. The summed E-state index contributed by atoms with van der Waals surface area (Å²) >= 11 is 0. The normalized spacial score (nSPS) is 12.5. The van der Waals surface area contributed by atoms with E-state index in [1.54, 1.807) is 0 Å². The van der Waals surface area contributed by atoms with Crippen LogP contribution in [0.3, 0.4) is 0 Å². The van der Waals surface area contributed by atoms with Crippen LogP contribution >= 0.6 is 0 Å². The fourth-order valence-corrected chi connectivity index (χ4v) is 3.06. The van der Waals surface area contributed by atoms with E-state index < -0.39 is 21.4 Å². The Morgan fingerprint density at radius 1 is 1.39 bits per heavy atom. The Hall–Kier alpha value is -1.45. The first-order valence-electron chi connectivity index (χ1n) is 5.29. The molecule has 0 aromatic heterocycles. The fourth-order valence-electron chi connectivity index (χ4n) is 1.42. The van der Waals surface area contributed by atoms with Crippen molar-refractivity contribution in [2.24, 2.45) is 0 Å². The molecule has 0 spiro atoms. The minimum atomic E-state index is -3.81.